The highest BCUT2D eigenvalue weighted by Gasteiger charge is 2.13. The van der Waals surface area contributed by atoms with Crippen molar-refractivity contribution in [2.75, 3.05) is 0 Å². The number of rotatable bonds is 12. The first-order valence-corrected chi connectivity index (χ1v) is 7.51. The van der Waals surface area contributed by atoms with Crippen molar-refractivity contribution in [2.45, 2.75) is 84.5 Å². The molecule has 1 amide bonds. The molecule has 2 nitrogen and oxygen atoms in total. The molecule has 2 heteroatoms. The van der Waals surface area contributed by atoms with Gasteiger partial charge in [0.15, 0.2) is 0 Å². The molecular formula is C15H31NO. The van der Waals surface area contributed by atoms with Gasteiger partial charge in [-0.1, -0.05) is 71.6 Å². The van der Waals surface area contributed by atoms with Gasteiger partial charge < -0.3 is 5.73 Å². The summed E-state index contributed by atoms with van der Waals surface area (Å²) in [4.78, 5) is 11.3. The first-order chi connectivity index (χ1) is 8.22. The lowest BCUT2D eigenvalue weighted by Gasteiger charge is -2.12. The molecule has 0 radical (unpaired) electrons. The van der Waals surface area contributed by atoms with Crippen molar-refractivity contribution in [3.63, 3.8) is 0 Å². The standard InChI is InChI=1S/C15H31NO/c1-3-5-7-9-11-13-14(15(16)17)12-10-8-6-4-2/h14H,3-13H2,1-2H3,(H2,16,17). The van der Waals surface area contributed by atoms with Crippen LogP contribution in [0.4, 0.5) is 0 Å². The molecule has 0 aliphatic carbocycles. The van der Waals surface area contributed by atoms with Gasteiger partial charge in [0.25, 0.3) is 0 Å². The maximum absolute atomic E-state index is 11.3. The number of hydrogen-bond acceptors (Lipinski definition) is 1. The molecule has 1 unspecified atom stereocenters. The van der Waals surface area contributed by atoms with Crippen LogP contribution in [0.5, 0.6) is 0 Å². The summed E-state index contributed by atoms with van der Waals surface area (Å²) in [6.45, 7) is 4.43. The monoisotopic (exact) mass is 241 g/mol. The Morgan fingerprint density at radius 3 is 1.65 bits per heavy atom. The van der Waals surface area contributed by atoms with Gasteiger partial charge in [-0.25, -0.2) is 0 Å². The molecule has 0 aromatic heterocycles. The summed E-state index contributed by atoms with van der Waals surface area (Å²) in [5.41, 5.74) is 5.45. The van der Waals surface area contributed by atoms with Gasteiger partial charge in [-0.3, -0.25) is 4.79 Å². The zero-order valence-corrected chi connectivity index (χ0v) is 11.8. The highest BCUT2D eigenvalue weighted by atomic mass is 16.1. The van der Waals surface area contributed by atoms with Crippen LogP contribution in [0.25, 0.3) is 0 Å². The average molecular weight is 241 g/mol. The Bertz CT molecular complexity index is 180. The molecule has 0 spiro atoms. The number of primary amides is 1. The summed E-state index contributed by atoms with van der Waals surface area (Å²) in [6.07, 6.45) is 13.3. The number of amides is 1. The predicted molar refractivity (Wildman–Crippen MR) is 74.8 cm³/mol. The van der Waals surface area contributed by atoms with Gasteiger partial charge in [0.1, 0.15) is 0 Å². The molecule has 0 rings (SSSR count). The molecule has 0 saturated carbocycles. The molecule has 0 aromatic carbocycles. The summed E-state index contributed by atoms with van der Waals surface area (Å²) >= 11 is 0. The number of hydrogen-bond donors (Lipinski definition) is 1. The van der Waals surface area contributed by atoms with Crippen LogP contribution >= 0.6 is 0 Å². The van der Waals surface area contributed by atoms with Gasteiger partial charge >= 0.3 is 0 Å². The Labute approximate surface area is 107 Å². The van der Waals surface area contributed by atoms with E-state index in [1.165, 1.54) is 51.4 Å². The van der Waals surface area contributed by atoms with Crippen molar-refractivity contribution in [1.82, 2.24) is 0 Å². The third-order valence-electron chi connectivity index (χ3n) is 3.46. The molecule has 1 atom stereocenters. The second-order valence-corrected chi connectivity index (χ2v) is 5.15. The lowest BCUT2D eigenvalue weighted by Crippen LogP contribution is -2.23. The zero-order chi connectivity index (χ0) is 12.9. The van der Waals surface area contributed by atoms with Crippen molar-refractivity contribution in [3.05, 3.63) is 0 Å². The molecule has 0 aromatic rings. The van der Waals surface area contributed by atoms with Crippen LogP contribution in [-0.4, -0.2) is 5.91 Å². The Hall–Kier alpha value is -0.530. The lowest BCUT2D eigenvalue weighted by atomic mass is 9.94. The second kappa shape index (κ2) is 11.9. The Morgan fingerprint density at radius 2 is 1.24 bits per heavy atom. The van der Waals surface area contributed by atoms with Crippen LogP contribution in [0.3, 0.4) is 0 Å². The van der Waals surface area contributed by atoms with Gasteiger partial charge in [-0.15, -0.1) is 0 Å². The predicted octanol–water partition coefficient (Wildman–Crippen LogP) is 4.42. The maximum atomic E-state index is 11.3. The van der Waals surface area contributed by atoms with Crippen molar-refractivity contribution in [1.29, 1.82) is 0 Å². The van der Waals surface area contributed by atoms with Crippen LogP contribution < -0.4 is 5.73 Å². The molecule has 0 aliphatic heterocycles. The minimum atomic E-state index is -0.0861. The summed E-state index contributed by atoms with van der Waals surface area (Å²) < 4.78 is 0. The first kappa shape index (κ1) is 16.5. The van der Waals surface area contributed by atoms with E-state index in [0.29, 0.717) is 0 Å². The quantitative estimate of drug-likeness (QED) is 0.505. The molecule has 102 valence electrons. The van der Waals surface area contributed by atoms with Gasteiger partial charge in [0.2, 0.25) is 5.91 Å². The van der Waals surface area contributed by atoms with Crippen molar-refractivity contribution in [2.24, 2.45) is 11.7 Å². The van der Waals surface area contributed by atoms with E-state index >= 15 is 0 Å². The fourth-order valence-corrected chi connectivity index (χ4v) is 2.24. The van der Waals surface area contributed by atoms with Gasteiger partial charge in [0.05, 0.1) is 0 Å². The number of nitrogens with two attached hydrogens (primary N) is 1. The third kappa shape index (κ3) is 10.3. The van der Waals surface area contributed by atoms with E-state index in [4.69, 9.17) is 5.73 Å². The van der Waals surface area contributed by atoms with Crippen LogP contribution in [-0.2, 0) is 4.79 Å². The van der Waals surface area contributed by atoms with E-state index in [0.717, 1.165) is 19.3 Å². The maximum Gasteiger partial charge on any atom is 0.220 e. The van der Waals surface area contributed by atoms with E-state index in [-0.39, 0.29) is 11.8 Å². The van der Waals surface area contributed by atoms with Crippen molar-refractivity contribution >= 4 is 5.91 Å². The average Bonchev–Trinajstić information content (AvgIpc) is 2.31. The summed E-state index contributed by atoms with van der Waals surface area (Å²) in [6, 6.07) is 0. The summed E-state index contributed by atoms with van der Waals surface area (Å²) in [5, 5.41) is 0. The van der Waals surface area contributed by atoms with Crippen molar-refractivity contribution < 1.29 is 4.79 Å². The minimum Gasteiger partial charge on any atom is -0.369 e. The Kier molecular flexibility index (Phi) is 11.6. The van der Waals surface area contributed by atoms with Crippen LogP contribution in [0.1, 0.15) is 84.5 Å². The van der Waals surface area contributed by atoms with E-state index in [9.17, 15) is 4.79 Å². The molecule has 2 N–H and O–H groups in total. The fourth-order valence-electron chi connectivity index (χ4n) is 2.24. The normalized spacial score (nSPS) is 12.6. The molecule has 17 heavy (non-hydrogen) atoms. The molecule has 0 fully saturated rings. The highest BCUT2D eigenvalue weighted by Crippen LogP contribution is 2.18. The van der Waals surface area contributed by atoms with Crippen molar-refractivity contribution in [3.8, 4) is 0 Å². The van der Waals surface area contributed by atoms with Crippen LogP contribution in [0, 0.1) is 5.92 Å². The highest BCUT2D eigenvalue weighted by molar-refractivity contribution is 5.76. The smallest absolute Gasteiger partial charge is 0.220 e. The number of carbonyl (C=O) groups is 1. The van der Waals surface area contributed by atoms with E-state index in [2.05, 4.69) is 13.8 Å². The van der Waals surface area contributed by atoms with E-state index in [1.807, 2.05) is 0 Å². The topological polar surface area (TPSA) is 43.1 Å². The minimum absolute atomic E-state index is 0.0861. The van der Waals surface area contributed by atoms with E-state index < -0.39 is 0 Å². The van der Waals surface area contributed by atoms with Crippen LogP contribution in [0.15, 0.2) is 0 Å². The molecule has 0 heterocycles. The molecule has 0 bridgehead atoms. The zero-order valence-electron chi connectivity index (χ0n) is 11.8. The van der Waals surface area contributed by atoms with Gasteiger partial charge in [-0.2, -0.15) is 0 Å². The number of unbranched alkanes of at least 4 members (excludes halogenated alkanes) is 7. The largest absolute Gasteiger partial charge is 0.369 e. The molecule has 0 aliphatic rings. The third-order valence-corrected chi connectivity index (χ3v) is 3.46. The number of carbonyl (C=O) groups excluding carboxylic acids is 1. The molecule has 0 saturated heterocycles. The lowest BCUT2D eigenvalue weighted by molar-refractivity contribution is -0.122. The summed E-state index contributed by atoms with van der Waals surface area (Å²) in [7, 11) is 0. The Morgan fingerprint density at radius 1 is 0.824 bits per heavy atom. The van der Waals surface area contributed by atoms with Crippen LogP contribution in [0.2, 0.25) is 0 Å². The SMILES string of the molecule is CCCCCCCC(CCCCCC)C(N)=O. The Balaban J connectivity index is 3.57. The second-order valence-electron chi connectivity index (χ2n) is 5.15. The first-order valence-electron chi connectivity index (χ1n) is 7.51. The fraction of sp³-hybridized carbons (Fsp3) is 0.933. The van der Waals surface area contributed by atoms with Gasteiger partial charge in [0, 0.05) is 5.92 Å². The summed E-state index contributed by atoms with van der Waals surface area (Å²) in [5.74, 6) is 0.0467. The van der Waals surface area contributed by atoms with Gasteiger partial charge in [-0.05, 0) is 12.8 Å². The van der Waals surface area contributed by atoms with E-state index in [1.54, 1.807) is 0 Å². The molecular weight excluding hydrogens is 210 g/mol.